The first kappa shape index (κ1) is 18.2. The summed E-state index contributed by atoms with van der Waals surface area (Å²) in [4.78, 5) is 31.3. The molecule has 1 aliphatic rings. The van der Waals surface area contributed by atoms with Gasteiger partial charge in [0.2, 0.25) is 0 Å². The second-order valence-corrected chi connectivity index (χ2v) is 6.50. The van der Waals surface area contributed by atoms with Gasteiger partial charge in [-0.1, -0.05) is 32.8 Å². The number of amides is 1. The number of hydrogen-bond acceptors (Lipinski definition) is 5. The maximum absolute atomic E-state index is 13.0. The lowest BCUT2D eigenvalue weighted by Gasteiger charge is -2.36. The summed E-state index contributed by atoms with van der Waals surface area (Å²) >= 11 is 0. The van der Waals surface area contributed by atoms with Crippen LogP contribution in [0.4, 0.5) is 0 Å². The smallest absolute Gasteiger partial charge is 0.401 e. The number of oxazole rings is 1. The molecule has 0 fully saturated rings. The Kier molecular flexibility index (Phi) is 5.71. The summed E-state index contributed by atoms with van der Waals surface area (Å²) in [5, 5.41) is 0. The molecule has 1 aromatic carbocycles. The molecular weight excluding hydrogens is 332 g/mol. The highest BCUT2D eigenvalue weighted by molar-refractivity contribution is 6.01. The highest BCUT2D eigenvalue weighted by atomic mass is 16.6. The van der Waals surface area contributed by atoms with Gasteiger partial charge in [-0.3, -0.25) is 4.79 Å². The minimum atomic E-state index is -0.552. The standard InChI is InChI=1S/C20H24N2O4/c1-3-6-14(7-4-2)22-12-10-15-16(18(22)23)8-5-9-17(15)19(24)26-20-21-11-13-25-20/h5,8-9,11,13-14H,3-4,6-7,10,12H2,1-2H3. The number of carbonyl (C=O) groups excluding carboxylic acids is 2. The fourth-order valence-corrected chi connectivity index (χ4v) is 3.60. The van der Waals surface area contributed by atoms with Gasteiger partial charge >= 0.3 is 12.0 Å². The lowest BCUT2D eigenvalue weighted by molar-refractivity contribution is 0.0634. The molecule has 138 valence electrons. The zero-order valence-corrected chi connectivity index (χ0v) is 15.2. The predicted molar refractivity (Wildman–Crippen MR) is 96.2 cm³/mol. The van der Waals surface area contributed by atoms with Crippen molar-refractivity contribution in [2.45, 2.75) is 52.0 Å². The third-order valence-electron chi connectivity index (χ3n) is 4.76. The van der Waals surface area contributed by atoms with Crippen LogP contribution in [-0.4, -0.2) is 34.3 Å². The molecule has 0 N–H and O–H groups in total. The molecule has 0 atom stereocenters. The van der Waals surface area contributed by atoms with Crippen molar-refractivity contribution in [3.05, 3.63) is 47.3 Å². The summed E-state index contributed by atoms with van der Waals surface area (Å²) in [6.45, 7) is 4.91. The molecule has 0 saturated heterocycles. The molecule has 6 nitrogen and oxygen atoms in total. The Bertz CT molecular complexity index is 764. The number of rotatable bonds is 7. The topological polar surface area (TPSA) is 72.6 Å². The first-order chi connectivity index (χ1) is 12.7. The van der Waals surface area contributed by atoms with Crippen molar-refractivity contribution in [1.82, 2.24) is 9.88 Å². The van der Waals surface area contributed by atoms with Gasteiger partial charge in [0, 0.05) is 18.2 Å². The molecule has 26 heavy (non-hydrogen) atoms. The van der Waals surface area contributed by atoms with Crippen LogP contribution < -0.4 is 4.74 Å². The Morgan fingerprint density at radius 3 is 2.73 bits per heavy atom. The van der Waals surface area contributed by atoms with E-state index in [0.29, 0.717) is 24.1 Å². The Labute approximate surface area is 153 Å². The van der Waals surface area contributed by atoms with E-state index in [2.05, 4.69) is 18.8 Å². The maximum Gasteiger partial charge on any atom is 0.401 e. The molecule has 0 unspecified atom stereocenters. The van der Waals surface area contributed by atoms with Gasteiger partial charge in [0.1, 0.15) is 6.26 Å². The van der Waals surface area contributed by atoms with Crippen LogP contribution in [0.1, 0.15) is 65.8 Å². The molecule has 3 rings (SSSR count). The van der Waals surface area contributed by atoms with Crippen molar-refractivity contribution in [3.63, 3.8) is 0 Å². The van der Waals surface area contributed by atoms with Gasteiger partial charge in [0.05, 0.1) is 11.8 Å². The van der Waals surface area contributed by atoms with Crippen LogP contribution in [0.25, 0.3) is 0 Å². The minimum absolute atomic E-state index is 0.00363. The molecule has 0 radical (unpaired) electrons. The molecule has 0 aliphatic carbocycles. The number of esters is 1. The Morgan fingerprint density at radius 2 is 2.08 bits per heavy atom. The van der Waals surface area contributed by atoms with E-state index in [1.807, 2.05) is 4.90 Å². The zero-order chi connectivity index (χ0) is 18.5. The maximum atomic E-state index is 13.0. The van der Waals surface area contributed by atoms with Crippen molar-refractivity contribution in [3.8, 4) is 6.08 Å². The van der Waals surface area contributed by atoms with Crippen LogP contribution in [0.15, 0.2) is 35.1 Å². The highest BCUT2D eigenvalue weighted by Gasteiger charge is 2.32. The van der Waals surface area contributed by atoms with Gasteiger partial charge in [-0.25, -0.2) is 4.79 Å². The number of ether oxygens (including phenoxy) is 1. The molecule has 2 aromatic rings. The largest absolute Gasteiger partial charge is 0.417 e. The Morgan fingerprint density at radius 1 is 1.31 bits per heavy atom. The molecule has 0 bridgehead atoms. The van der Waals surface area contributed by atoms with Crippen LogP contribution in [0.3, 0.4) is 0 Å². The Hall–Kier alpha value is -2.63. The minimum Gasteiger partial charge on any atom is -0.417 e. The average Bonchev–Trinajstić information content (AvgIpc) is 3.14. The average molecular weight is 356 g/mol. The van der Waals surface area contributed by atoms with Gasteiger partial charge in [-0.15, -0.1) is 0 Å². The third kappa shape index (κ3) is 3.64. The molecule has 0 saturated carbocycles. The first-order valence-electron chi connectivity index (χ1n) is 9.20. The van der Waals surface area contributed by atoms with E-state index in [9.17, 15) is 9.59 Å². The van der Waals surface area contributed by atoms with E-state index in [4.69, 9.17) is 9.15 Å². The van der Waals surface area contributed by atoms with Gasteiger partial charge < -0.3 is 14.1 Å². The van der Waals surface area contributed by atoms with E-state index < -0.39 is 5.97 Å². The van der Waals surface area contributed by atoms with Crippen LogP contribution in [-0.2, 0) is 6.42 Å². The molecule has 1 aliphatic heterocycles. The molecule has 2 heterocycles. The first-order valence-corrected chi connectivity index (χ1v) is 9.20. The van der Waals surface area contributed by atoms with E-state index in [1.54, 1.807) is 18.2 Å². The molecule has 0 spiro atoms. The highest BCUT2D eigenvalue weighted by Crippen LogP contribution is 2.27. The summed E-state index contributed by atoms with van der Waals surface area (Å²) in [6, 6.07) is 5.46. The third-order valence-corrected chi connectivity index (χ3v) is 4.76. The van der Waals surface area contributed by atoms with Crippen LogP contribution >= 0.6 is 0 Å². The molecular formula is C20H24N2O4. The fraction of sp³-hybridized carbons (Fsp3) is 0.450. The van der Waals surface area contributed by atoms with E-state index in [1.165, 1.54) is 12.5 Å². The summed E-state index contributed by atoms with van der Waals surface area (Å²) in [7, 11) is 0. The van der Waals surface area contributed by atoms with Gasteiger partial charge in [0.25, 0.3) is 5.91 Å². The monoisotopic (exact) mass is 356 g/mol. The van der Waals surface area contributed by atoms with Crippen molar-refractivity contribution < 1.29 is 18.7 Å². The normalized spacial score (nSPS) is 13.8. The molecule has 1 aromatic heterocycles. The second-order valence-electron chi connectivity index (χ2n) is 6.50. The summed E-state index contributed by atoms with van der Waals surface area (Å²) in [5.41, 5.74) is 1.74. The summed E-state index contributed by atoms with van der Waals surface area (Å²) in [5.74, 6) is -0.548. The SMILES string of the molecule is CCCC(CCC)N1CCc2c(C(=O)Oc3ncco3)cccc2C1=O. The van der Waals surface area contributed by atoms with Gasteiger partial charge in [-0.05, 0) is 37.0 Å². The number of carbonyl (C=O) groups is 2. The van der Waals surface area contributed by atoms with Crippen LogP contribution in [0, 0.1) is 0 Å². The second kappa shape index (κ2) is 8.17. The van der Waals surface area contributed by atoms with Crippen LogP contribution in [0.5, 0.6) is 6.08 Å². The lowest BCUT2D eigenvalue weighted by Crippen LogP contribution is -2.45. The van der Waals surface area contributed by atoms with Crippen molar-refractivity contribution in [2.75, 3.05) is 6.54 Å². The number of aromatic nitrogens is 1. The molecule has 6 heteroatoms. The number of benzene rings is 1. The van der Waals surface area contributed by atoms with Crippen molar-refractivity contribution in [1.29, 1.82) is 0 Å². The number of hydrogen-bond donors (Lipinski definition) is 0. The van der Waals surface area contributed by atoms with Crippen molar-refractivity contribution >= 4 is 11.9 Å². The predicted octanol–water partition coefficient (Wildman–Crippen LogP) is 3.86. The summed E-state index contributed by atoms with van der Waals surface area (Å²) in [6.07, 6.45) is 7.39. The quantitative estimate of drug-likeness (QED) is 0.704. The van der Waals surface area contributed by atoms with Crippen molar-refractivity contribution in [2.24, 2.45) is 0 Å². The fourth-order valence-electron chi connectivity index (χ4n) is 3.60. The summed E-state index contributed by atoms with van der Waals surface area (Å²) < 4.78 is 10.1. The van der Waals surface area contributed by atoms with Gasteiger partial charge in [-0.2, -0.15) is 4.98 Å². The van der Waals surface area contributed by atoms with Gasteiger partial charge in [0.15, 0.2) is 0 Å². The zero-order valence-electron chi connectivity index (χ0n) is 15.2. The molecule has 1 amide bonds. The number of nitrogens with zero attached hydrogens (tertiary/aromatic N) is 2. The van der Waals surface area contributed by atoms with E-state index in [-0.39, 0.29) is 18.0 Å². The Balaban J connectivity index is 1.85. The van der Waals surface area contributed by atoms with E-state index in [0.717, 1.165) is 31.2 Å². The van der Waals surface area contributed by atoms with Crippen LogP contribution in [0.2, 0.25) is 0 Å². The van der Waals surface area contributed by atoms with E-state index >= 15 is 0 Å². The number of fused-ring (bicyclic) bond motifs is 1. The lowest BCUT2D eigenvalue weighted by atomic mass is 9.91.